The van der Waals surface area contributed by atoms with E-state index in [9.17, 15) is 20.4 Å². The molecule has 41 heavy (non-hydrogen) atoms. The summed E-state index contributed by atoms with van der Waals surface area (Å²) in [5.74, 6) is -0.591. The number of hydrogen-bond donors (Lipinski definition) is 4. The number of amides is 1. The molecule has 6 rings (SSSR count). The van der Waals surface area contributed by atoms with Crippen molar-refractivity contribution in [3.05, 3.63) is 136 Å². The lowest BCUT2D eigenvalue weighted by Crippen LogP contribution is -2.17. The highest BCUT2D eigenvalue weighted by Gasteiger charge is 2.24. The molecule has 8 heteroatoms. The summed E-state index contributed by atoms with van der Waals surface area (Å²) in [7, 11) is 0. The van der Waals surface area contributed by atoms with E-state index in [2.05, 4.69) is 32.6 Å². The van der Waals surface area contributed by atoms with Crippen molar-refractivity contribution in [2.24, 2.45) is 5.10 Å². The minimum atomic E-state index is -0.392. The minimum absolute atomic E-state index is 0.0687. The van der Waals surface area contributed by atoms with Gasteiger partial charge in [-0.15, -0.1) is 0 Å². The van der Waals surface area contributed by atoms with Gasteiger partial charge in [0.25, 0.3) is 5.91 Å². The standard InChI is InChI=1S/C33H22N6O2/c34-15-20-5-11-29-25(13-20)27(18-36-29)32(28-19-37-30-12-6-21(16-35)14-26(28)30)22-7-9-23(10-8-22)33(41)39-38-17-24-3-1-2-4-31(24)40/h1-14,17-19,32,36-37,40H,(H,39,41)/b38-17+. The van der Waals surface area contributed by atoms with Crippen LogP contribution in [0, 0.1) is 22.7 Å². The first-order chi connectivity index (χ1) is 20.1. The molecule has 0 aliphatic heterocycles. The molecule has 6 aromatic rings. The Kier molecular flexibility index (Phi) is 6.49. The maximum Gasteiger partial charge on any atom is 0.271 e. The highest BCUT2D eigenvalue weighted by Crippen LogP contribution is 2.40. The van der Waals surface area contributed by atoms with Gasteiger partial charge >= 0.3 is 0 Å². The number of nitrogens with zero attached hydrogens (tertiary/aromatic N) is 3. The molecule has 0 aliphatic carbocycles. The zero-order chi connectivity index (χ0) is 28.3. The number of phenolic OH excluding ortho intramolecular Hbond substituents is 1. The molecule has 0 aliphatic rings. The Morgan fingerprint density at radius 3 is 1.98 bits per heavy atom. The van der Waals surface area contributed by atoms with Crippen molar-refractivity contribution in [2.45, 2.75) is 5.92 Å². The lowest BCUT2D eigenvalue weighted by Gasteiger charge is -2.18. The van der Waals surface area contributed by atoms with Gasteiger partial charge in [0.1, 0.15) is 5.75 Å². The average molecular weight is 535 g/mol. The normalized spacial score (nSPS) is 11.2. The summed E-state index contributed by atoms with van der Waals surface area (Å²) in [5, 5.41) is 34.8. The Bertz CT molecular complexity index is 1940. The Balaban J connectivity index is 1.39. The summed E-state index contributed by atoms with van der Waals surface area (Å²) in [6.07, 6.45) is 5.27. The van der Waals surface area contributed by atoms with Crippen LogP contribution in [0.15, 0.2) is 102 Å². The van der Waals surface area contributed by atoms with E-state index in [4.69, 9.17) is 0 Å². The molecule has 0 radical (unpaired) electrons. The number of para-hydroxylation sites is 1. The first kappa shape index (κ1) is 25.2. The van der Waals surface area contributed by atoms with Crippen LogP contribution < -0.4 is 5.43 Å². The van der Waals surface area contributed by atoms with Crippen molar-refractivity contribution in [1.29, 1.82) is 10.5 Å². The lowest BCUT2D eigenvalue weighted by molar-refractivity contribution is 0.0955. The van der Waals surface area contributed by atoms with Gasteiger partial charge in [-0.1, -0.05) is 24.3 Å². The van der Waals surface area contributed by atoms with Crippen molar-refractivity contribution in [2.75, 3.05) is 0 Å². The Hall–Kier alpha value is -6.12. The molecule has 4 N–H and O–H groups in total. The third-order valence-corrected chi connectivity index (χ3v) is 7.12. The van der Waals surface area contributed by atoms with Gasteiger partial charge in [0.15, 0.2) is 0 Å². The summed E-state index contributed by atoms with van der Waals surface area (Å²) in [4.78, 5) is 19.4. The maximum absolute atomic E-state index is 12.8. The number of nitrogens with one attached hydrogen (secondary N) is 3. The third kappa shape index (κ3) is 4.78. The Morgan fingerprint density at radius 2 is 1.41 bits per heavy atom. The van der Waals surface area contributed by atoms with E-state index in [1.165, 1.54) is 6.21 Å². The van der Waals surface area contributed by atoms with E-state index in [1.807, 2.05) is 48.8 Å². The molecule has 2 aromatic heterocycles. The van der Waals surface area contributed by atoms with E-state index in [-0.39, 0.29) is 11.7 Å². The summed E-state index contributed by atoms with van der Waals surface area (Å²) in [6.45, 7) is 0. The van der Waals surface area contributed by atoms with Gasteiger partial charge in [0.05, 0.1) is 29.5 Å². The number of hydrogen-bond acceptors (Lipinski definition) is 5. The second-order valence-electron chi connectivity index (χ2n) is 9.55. The number of rotatable bonds is 6. The van der Waals surface area contributed by atoms with Crippen molar-refractivity contribution in [3.63, 3.8) is 0 Å². The van der Waals surface area contributed by atoms with Crippen molar-refractivity contribution in [3.8, 4) is 17.9 Å². The van der Waals surface area contributed by atoms with E-state index in [1.54, 1.807) is 48.5 Å². The van der Waals surface area contributed by atoms with E-state index in [0.29, 0.717) is 22.3 Å². The highest BCUT2D eigenvalue weighted by molar-refractivity contribution is 5.95. The molecule has 8 nitrogen and oxygen atoms in total. The minimum Gasteiger partial charge on any atom is -0.507 e. The molecule has 0 saturated heterocycles. The van der Waals surface area contributed by atoms with Crippen molar-refractivity contribution < 1.29 is 9.90 Å². The first-order valence-corrected chi connectivity index (χ1v) is 12.8. The molecule has 0 saturated carbocycles. The fourth-order valence-corrected chi connectivity index (χ4v) is 5.08. The zero-order valence-corrected chi connectivity index (χ0v) is 21.6. The Labute approximate surface area is 234 Å². The predicted octanol–water partition coefficient (Wildman–Crippen LogP) is 6.04. The summed E-state index contributed by atoms with van der Waals surface area (Å²) in [5.41, 5.74) is 9.17. The van der Waals surface area contributed by atoms with Crippen molar-refractivity contribution in [1.82, 2.24) is 15.4 Å². The van der Waals surface area contributed by atoms with Crippen LogP contribution in [-0.2, 0) is 0 Å². The third-order valence-electron chi connectivity index (χ3n) is 7.12. The maximum atomic E-state index is 12.8. The number of hydrazone groups is 1. The van der Waals surface area contributed by atoms with Crippen LogP contribution in [0.25, 0.3) is 21.8 Å². The van der Waals surface area contributed by atoms with Gasteiger partial charge < -0.3 is 15.1 Å². The second kappa shape index (κ2) is 10.6. The van der Waals surface area contributed by atoms with Crippen LogP contribution in [0.4, 0.5) is 0 Å². The fourth-order valence-electron chi connectivity index (χ4n) is 5.08. The predicted molar refractivity (Wildman–Crippen MR) is 157 cm³/mol. The number of aromatic amines is 2. The molecule has 1 amide bonds. The molecule has 0 unspecified atom stereocenters. The smallest absolute Gasteiger partial charge is 0.271 e. The molecule has 4 aromatic carbocycles. The number of phenols is 1. The second-order valence-corrected chi connectivity index (χ2v) is 9.55. The van der Waals surface area contributed by atoms with Gasteiger partial charge in [-0.05, 0) is 77.4 Å². The number of aromatic nitrogens is 2. The topological polar surface area (TPSA) is 141 Å². The van der Waals surface area contributed by atoms with Gasteiger partial charge in [-0.2, -0.15) is 15.6 Å². The van der Waals surface area contributed by atoms with Crippen LogP contribution in [0.5, 0.6) is 5.75 Å². The number of fused-ring (bicyclic) bond motifs is 2. The van der Waals surface area contributed by atoms with Gasteiger partial charge in [0.2, 0.25) is 0 Å². The largest absolute Gasteiger partial charge is 0.507 e. The molecule has 2 heterocycles. The van der Waals surface area contributed by atoms with Crippen LogP contribution in [-0.4, -0.2) is 27.2 Å². The molecular weight excluding hydrogens is 512 g/mol. The Morgan fingerprint density at radius 1 is 0.829 bits per heavy atom. The SMILES string of the molecule is N#Cc1ccc2[nH]cc(C(c3ccc(C(=O)N/N=C/c4ccccc4O)cc3)c3c[nH]c4ccc(C#N)cc34)c2c1. The number of carbonyl (C=O) groups is 1. The van der Waals surface area contributed by atoms with Crippen molar-refractivity contribution >= 4 is 33.9 Å². The molecule has 0 atom stereocenters. The number of carbonyl (C=O) groups excluding carboxylic acids is 1. The summed E-state index contributed by atoms with van der Waals surface area (Å²) >= 11 is 0. The molecule has 0 bridgehead atoms. The highest BCUT2D eigenvalue weighted by atomic mass is 16.3. The van der Waals surface area contributed by atoms with Gasteiger partial charge in [-0.25, -0.2) is 5.43 Å². The monoisotopic (exact) mass is 534 g/mol. The molecule has 196 valence electrons. The zero-order valence-electron chi connectivity index (χ0n) is 21.6. The number of nitriles is 2. The average Bonchev–Trinajstić information content (AvgIpc) is 3.62. The first-order valence-electron chi connectivity index (χ1n) is 12.8. The van der Waals surface area contributed by atoms with E-state index in [0.717, 1.165) is 38.5 Å². The van der Waals surface area contributed by atoms with Crippen LogP contribution >= 0.6 is 0 Å². The van der Waals surface area contributed by atoms with Gasteiger partial charge in [-0.3, -0.25) is 4.79 Å². The lowest BCUT2D eigenvalue weighted by atomic mass is 9.84. The number of aromatic hydroxyl groups is 1. The van der Waals surface area contributed by atoms with E-state index >= 15 is 0 Å². The van der Waals surface area contributed by atoms with E-state index < -0.39 is 5.91 Å². The molecular formula is C33H22N6O2. The molecule has 0 fully saturated rings. The quantitative estimate of drug-likeness (QED) is 0.153. The van der Waals surface area contributed by atoms with Crippen LogP contribution in [0.1, 0.15) is 49.7 Å². The summed E-state index contributed by atoms with van der Waals surface area (Å²) in [6, 6.07) is 29.5. The number of H-pyrrole nitrogens is 2. The van der Waals surface area contributed by atoms with Gasteiger partial charge in [0, 0.05) is 51.2 Å². The fraction of sp³-hybridized carbons (Fsp3) is 0.0303. The number of benzene rings is 4. The summed E-state index contributed by atoms with van der Waals surface area (Å²) < 4.78 is 0. The van der Waals surface area contributed by atoms with Crippen LogP contribution in [0.2, 0.25) is 0 Å². The molecule has 0 spiro atoms. The van der Waals surface area contributed by atoms with Crippen LogP contribution in [0.3, 0.4) is 0 Å².